The number of carbonyl (C=O) groups excluding carboxylic acids is 1. The van der Waals surface area contributed by atoms with Gasteiger partial charge in [-0.05, 0) is 73.1 Å². The second kappa shape index (κ2) is 8.05. The molecule has 0 bridgehead atoms. The zero-order valence-corrected chi connectivity index (χ0v) is 17.4. The number of rotatable bonds is 4. The lowest BCUT2D eigenvalue weighted by molar-refractivity contribution is 0.103. The molecule has 0 aromatic heterocycles. The molecule has 1 amide bonds. The molecule has 0 aliphatic carbocycles. The average molecular weight is 408 g/mol. The normalized spacial score (nSPS) is 15.8. The quantitative estimate of drug-likeness (QED) is 0.664. The van der Waals surface area contributed by atoms with Gasteiger partial charge < -0.3 is 15.5 Å². The number of hydrogen-bond donors (Lipinski definition) is 2. The summed E-state index contributed by atoms with van der Waals surface area (Å²) in [5, 5.41) is 8.63. The van der Waals surface area contributed by atoms with Crippen molar-refractivity contribution >= 4 is 40.5 Å². The van der Waals surface area contributed by atoms with E-state index in [2.05, 4.69) is 59.0 Å². The highest BCUT2D eigenvalue weighted by Crippen LogP contribution is 2.35. The number of carbonyl (C=O) groups is 1. The van der Waals surface area contributed by atoms with Gasteiger partial charge in [-0.3, -0.25) is 4.79 Å². The van der Waals surface area contributed by atoms with E-state index in [4.69, 9.17) is 0 Å². The molecule has 0 radical (unpaired) electrons. The maximum absolute atomic E-state index is 12.1. The Labute approximate surface area is 177 Å². The van der Waals surface area contributed by atoms with Crippen molar-refractivity contribution < 1.29 is 4.79 Å². The summed E-state index contributed by atoms with van der Waals surface area (Å²) in [5.41, 5.74) is 5.55. The van der Waals surface area contributed by atoms with Crippen LogP contribution in [-0.4, -0.2) is 32.1 Å². The van der Waals surface area contributed by atoms with Crippen molar-refractivity contribution in [2.75, 3.05) is 30.4 Å². The van der Waals surface area contributed by atoms with Crippen LogP contribution in [0.3, 0.4) is 0 Å². The fraction of sp³-hybridized carbons (Fsp3) is 0.292. The molecule has 2 aliphatic heterocycles. The van der Waals surface area contributed by atoms with E-state index in [9.17, 15) is 4.79 Å². The molecule has 3 aromatic carbocycles. The molecule has 5 rings (SSSR count). The SMILES string of the molecule is CN(c1ccc(Cc2ccc3c4c(cccc24)C(=O)N3)cc1)C1CCNCC1.Cl. The first-order valence-corrected chi connectivity index (χ1v) is 10.1. The predicted molar refractivity (Wildman–Crippen MR) is 123 cm³/mol. The highest BCUT2D eigenvalue weighted by molar-refractivity contribution is 6.24. The van der Waals surface area contributed by atoms with Crippen LogP contribution in [0, 0.1) is 0 Å². The third-order valence-corrected chi connectivity index (χ3v) is 6.22. The second-order valence-corrected chi connectivity index (χ2v) is 7.89. The third kappa shape index (κ3) is 3.59. The van der Waals surface area contributed by atoms with Crippen LogP contribution in [0.1, 0.15) is 34.3 Å². The smallest absolute Gasteiger partial charge is 0.256 e. The van der Waals surface area contributed by atoms with E-state index in [0.717, 1.165) is 36.1 Å². The Bertz CT molecular complexity index is 1040. The minimum atomic E-state index is 0. The lowest BCUT2D eigenvalue weighted by Crippen LogP contribution is -2.41. The van der Waals surface area contributed by atoms with E-state index in [0.29, 0.717) is 6.04 Å². The van der Waals surface area contributed by atoms with Gasteiger partial charge in [-0.15, -0.1) is 12.4 Å². The number of nitrogens with one attached hydrogen (secondary N) is 2. The molecule has 3 aromatic rings. The molecular formula is C24H26ClN3O. The number of halogens is 1. The minimum absolute atomic E-state index is 0. The fourth-order valence-corrected chi connectivity index (χ4v) is 4.58. The van der Waals surface area contributed by atoms with Crippen molar-refractivity contribution in [3.8, 4) is 0 Å². The van der Waals surface area contributed by atoms with Gasteiger partial charge in [0.15, 0.2) is 0 Å². The Balaban J connectivity index is 0.00000205. The van der Waals surface area contributed by atoms with E-state index >= 15 is 0 Å². The van der Waals surface area contributed by atoms with Crippen molar-refractivity contribution in [2.24, 2.45) is 0 Å². The molecule has 0 atom stereocenters. The largest absolute Gasteiger partial charge is 0.372 e. The molecular weight excluding hydrogens is 382 g/mol. The first-order valence-electron chi connectivity index (χ1n) is 10.1. The van der Waals surface area contributed by atoms with Crippen molar-refractivity contribution in [1.29, 1.82) is 0 Å². The summed E-state index contributed by atoms with van der Waals surface area (Å²) in [5.74, 6) is 0.00283. The van der Waals surface area contributed by atoms with Gasteiger partial charge in [-0.1, -0.05) is 30.3 Å². The Kier molecular flexibility index (Phi) is 5.48. The van der Waals surface area contributed by atoms with E-state index in [1.54, 1.807) is 0 Å². The summed E-state index contributed by atoms with van der Waals surface area (Å²) in [6.45, 7) is 2.21. The maximum atomic E-state index is 12.1. The summed E-state index contributed by atoms with van der Waals surface area (Å²) in [4.78, 5) is 14.5. The van der Waals surface area contributed by atoms with Gasteiger partial charge in [-0.2, -0.15) is 0 Å². The fourth-order valence-electron chi connectivity index (χ4n) is 4.58. The predicted octanol–water partition coefficient (Wildman–Crippen LogP) is 4.61. The summed E-state index contributed by atoms with van der Waals surface area (Å²) in [6, 6.07) is 19.7. The van der Waals surface area contributed by atoms with Gasteiger partial charge >= 0.3 is 0 Å². The summed E-state index contributed by atoms with van der Waals surface area (Å²) >= 11 is 0. The van der Waals surface area contributed by atoms with Gasteiger partial charge in [0.05, 0.1) is 0 Å². The molecule has 4 nitrogen and oxygen atoms in total. The van der Waals surface area contributed by atoms with Gasteiger partial charge in [0.25, 0.3) is 5.91 Å². The van der Waals surface area contributed by atoms with Crippen molar-refractivity contribution in [2.45, 2.75) is 25.3 Å². The van der Waals surface area contributed by atoms with Crippen LogP contribution in [0.5, 0.6) is 0 Å². The molecule has 1 saturated heterocycles. The van der Waals surface area contributed by atoms with Gasteiger partial charge in [0, 0.05) is 35.4 Å². The van der Waals surface area contributed by atoms with Gasteiger partial charge in [-0.25, -0.2) is 0 Å². The monoisotopic (exact) mass is 407 g/mol. The minimum Gasteiger partial charge on any atom is -0.372 e. The number of piperidine rings is 1. The zero-order valence-electron chi connectivity index (χ0n) is 16.6. The van der Waals surface area contributed by atoms with Crippen molar-refractivity contribution in [3.63, 3.8) is 0 Å². The van der Waals surface area contributed by atoms with Crippen LogP contribution < -0.4 is 15.5 Å². The highest BCUT2D eigenvalue weighted by atomic mass is 35.5. The number of amides is 1. The maximum Gasteiger partial charge on any atom is 0.256 e. The standard InChI is InChI=1S/C24H25N3O.ClH/c1-27(19-11-13-25-14-12-19)18-8-5-16(6-9-18)15-17-7-10-22-23-20(17)3-2-4-21(23)24(28)26-22;/h2-10,19,25H,11-15H2,1H3,(H,26,28);1H. The molecule has 29 heavy (non-hydrogen) atoms. The van der Waals surface area contributed by atoms with Crippen molar-refractivity contribution in [1.82, 2.24) is 5.32 Å². The average Bonchev–Trinajstić information content (AvgIpc) is 3.08. The lowest BCUT2D eigenvalue weighted by atomic mass is 9.96. The van der Waals surface area contributed by atoms with Crippen LogP contribution >= 0.6 is 12.4 Å². The Hall–Kier alpha value is -2.56. The molecule has 0 unspecified atom stereocenters. The van der Waals surface area contributed by atoms with E-state index in [1.807, 2.05) is 18.2 Å². The molecule has 1 fully saturated rings. The molecule has 0 saturated carbocycles. The van der Waals surface area contributed by atoms with Gasteiger partial charge in [0.2, 0.25) is 0 Å². The molecule has 2 N–H and O–H groups in total. The third-order valence-electron chi connectivity index (χ3n) is 6.22. The Morgan fingerprint density at radius 1 is 1.00 bits per heavy atom. The first-order chi connectivity index (χ1) is 13.7. The molecule has 2 heterocycles. The molecule has 150 valence electrons. The summed E-state index contributed by atoms with van der Waals surface area (Å²) < 4.78 is 0. The van der Waals surface area contributed by atoms with Crippen LogP contribution in [0.2, 0.25) is 0 Å². The highest BCUT2D eigenvalue weighted by Gasteiger charge is 2.22. The number of nitrogens with zero attached hydrogens (tertiary/aromatic N) is 1. The van der Waals surface area contributed by atoms with Crippen LogP contribution in [0.15, 0.2) is 54.6 Å². The van der Waals surface area contributed by atoms with E-state index in [-0.39, 0.29) is 18.3 Å². The second-order valence-electron chi connectivity index (χ2n) is 7.89. The summed E-state index contributed by atoms with van der Waals surface area (Å²) in [7, 11) is 2.21. The summed E-state index contributed by atoms with van der Waals surface area (Å²) in [6.07, 6.45) is 3.27. The molecule has 0 spiro atoms. The van der Waals surface area contributed by atoms with E-state index < -0.39 is 0 Å². The Morgan fingerprint density at radius 2 is 1.76 bits per heavy atom. The van der Waals surface area contributed by atoms with Crippen LogP contribution in [-0.2, 0) is 6.42 Å². The number of hydrogen-bond acceptors (Lipinski definition) is 3. The number of benzene rings is 3. The zero-order chi connectivity index (χ0) is 19.1. The lowest BCUT2D eigenvalue weighted by Gasteiger charge is -2.33. The molecule has 2 aliphatic rings. The Morgan fingerprint density at radius 3 is 2.52 bits per heavy atom. The first kappa shape index (κ1) is 19.7. The van der Waals surface area contributed by atoms with Crippen LogP contribution in [0.25, 0.3) is 10.8 Å². The van der Waals surface area contributed by atoms with Crippen LogP contribution in [0.4, 0.5) is 11.4 Å². The topological polar surface area (TPSA) is 44.4 Å². The van der Waals surface area contributed by atoms with Gasteiger partial charge in [0.1, 0.15) is 0 Å². The number of anilines is 2. The van der Waals surface area contributed by atoms with E-state index in [1.165, 1.54) is 35.0 Å². The molecule has 5 heteroatoms. The van der Waals surface area contributed by atoms with Crippen molar-refractivity contribution in [3.05, 3.63) is 71.3 Å².